The lowest BCUT2D eigenvalue weighted by Gasteiger charge is -2.35. The van der Waals surface area contributed by atoms with Crippen LogP contribution in [0.15, 0.2) is 47.2 Å². The third kappa shape index (κ3) is 3.69. The number of Topliss-reactive ketones (excluding diaryl/α,β-unsaturated/α-hetero) is 1. The Hall–Kier alpha value is -2.24. The van der Waals surface area contributed by atoms with Gasteiger partial charge in [0.2, 0.25) is 5.91 Å². The van der Waals surface area contributed by atoms with E-state index in [4.69, 9.17) is 0 Å². The summed E-state index contributed by atoms with van der Waals surface area (Å²) < 4.78 is 0. The van der Waals surface area contributed by atoms with Crippen LogP contribution in [-0.2, 0) is 11.2 Å². The highest BCUT2D eigenvalue weighted by Crippen LogP contribution is 2.39. The maximum Gasteiger partial charge on any atom is 0.223 e. The van der Waals surface area contributed by atoms with Crippen LogP contribution in [0.2, 0.25) is 0 Å². The molecule has 0 fully saturated rings. The van der Waals surface area contributed by atoms with Crippen molar-refractivity contribution >= 4 is 34.4 Å². The third-order valence-corrected chi connectivity index (χ3v) is 7.41. The average molecular weight is 410 g/mol. The molecule has 0 spiro atoms. The van der Waals surface area contributed by atoms with Gasteiger partial charge in [0, 0.05) is 34.7 Å². The lowest BCUT2D eigenvalue weighted by Crippen LogP contribution is -2.39. The van der Waals surface area contributed by atoms with E-state index in [1.54, 1.807) is 22.7 Å². The molecule has 144 valence electrons. The molecule has 0 radical (unpaired) electrons. The molecule has 1 atom stereocenters. The van der Waals surface area contributed by atoms with Gasteiger partial charge in [-0.15, -0.1) is 22.7 Å². The largest absolute Gasteiger partial charge is 0.330 e. The lowest BCUT2D eigenvalue weighted by atomic mass is 9.97. The lowest BCUT2D eigenvalue weighted by molar-refractivity contribution is -0.133. The Morgan fingerprint density at radius 2 is 1.89 bits per heavy atom. The second-order valence-corrected chi connectivity index (χ2v) is 9.26. The fraction of sp³-hybridized carbons (Fsp3) is 0.304. The van der Waals surface area contributed by atoms with E-state index in [1.807, 2.05) is 43.0 Å². The number of hydrogen-bond acceptors (Lipinski definition) is 4. The monoisotopic (exact) mass is 409 g/mol. The summed E-state index contributed by atoms with van der Waals surface area (Å²) in [7, 11) is 0. The number of benzene rings is 1. The summed E-state index contributed by atoms with van der Waals surface area (Å²) in [5, 5.41) is 4.17. The zero-order valence-corrected chi connectivity index (χ0v) is 17.7. The number of carbonyl (C=O) groups is 2. The van der Waals surface area contributed by atoms with E-state index in [0.29, 0.717) is 12.1 Å². The zero-order chi connectivity index (χ0) is 19.7. The van der Waals surface area contributed by atoms with Gasteiger partial charge in [0.05, 0.1) is 6.04 Å². The molecule has 0 saturated carbocycles. The quantitative estimate of drug-likeness (QED) is 0.517. The summed E-state index contributed by atoms with van der Waals surface area (Å²) in [6.07, 6.45) is 1.41. The number of thiophene rings is 2. The van der Waals surface area contributed by atoms with Crippen molar-refractivity contribution in [2.75, 3.05) is 6.54 Å². The third-order valence-electron chi connectivity index (χ3n) is 5.49. The van der Waals surface area contributed by atoms with E-state index in [1.165, 1.54) is 20.9 Å². The Morgan fingerprint density at radius 3 is 2.64 bits per heavy atom. The van der Waals surface area contributed by atoms with Crippen LogP contribution in [0.4, 0.5) is 0 Å². The minimum Gasteiger partial charge on any atom is -0.330 e. The Bertz CT molecular complexity index is 1000. The standard InChI is InChI=1S/C23H23NO2S2/c1-15-5-6-17(14-16(15)2)19(25)7-8-22(26)24-11-9-20-18(10-13-28-20)23(24)21-4-3-12-27-21/h3-6,10,12-14,23H,7-9,11H2,1-2H3/t23-/m0/s1. The number of aryl methyl sites for hydroxylation is 2. The van der Waals surface area contributed by atoms with Crippen LogP contribution in [0, 0.1) is 13.8 Å². The molecule has 1 aromatic carbocycles. The van der Waals surface area contributed by atoms with E-state index in [0.717, 1.165) is 12.0 Å². The minimum absolute atomic E-state index is 0.0146. The van der Waals surface area contributed by atoms with E-state index in [2.05, 4.69) is 22.9 Å². The van der Waals surface area contributed by atoms with E-state index in [9.17, 15) is 9.59 Å². The van der Waals surface area contributed by atoms with Crippen molar-refractivity contribution in [3.8, 4) is 0 Å². The molecule has 5 heteroatoms. The van der Waals surface area contributed by atoms with Gasteiger partial charge >= 0.3 is 0 Å². The maximum atomic E-state index is 13.1. The molecule has 0 saturated heterocycles. The van der Waals surface area contributed by atoms with Crippen molar-refractivity contribution in [2.45, 2.75) is 39.2 Å². The van der Waals surface area contributed by atoms with Gasteiger partial charge in [-0.1, -0.05) is 18.2 Å². The molecule has 1 aliphatic heterocycles. The molecule has 0 N–H and O–H groups in total. The van der Waals surface area contributed by atoms with Crippen molar-refractivity contribution < 1.29 is 9.59 Å². The topological polar surface area (TPSA) is 37.4 Å². The second-order valence-electron chi connectivity index (χ2n) is 7.28. The first kappa shape index (κ1) is 19.1. The van der Waals surface area contributed by atoms with Crippen molar-refractivity contribution in [1.82, 2.24) is 4.90 Å². The molecule has 1 aliphatic rings. The van der Waals surface area contributed by atoms with Crippen LogP contribution in [0.3, 0.4) is 0 Å². The highest BCUT2D eigenvalue weighted by molar-refractivity contribution is 7.10. The first-order valence-corrected chi connectivity index (χ1v) is 11.3. The maximum absolute atomic E-state index is 13.1. The first-order chi connectivity index (χ1) is 13.5. The summed E-state index contributed by atoms with van der Waals surface area (Å²) >= 11 is 3.46. The number of hydrogen-bond donors (Lipinski definition) is 0. The van der Waals surface area contributed by atoms with Crippen LogP contribution in [0.1, 0.15) is 55.7 Å². The first-order valence-electron chi connectivity index (χ1n) is 9.54. The van der Waals surface area contributed by atoms with Gasteiger partial charge in [-0.3, -0.25) is 9.59 Å². The van der Waals surface area contributed by atoms with E-state index >= 15 is 0 Å². The number of amides is 1. The SMILES string of the molecule is Cc1ccc(C(=O)CCC(=O)N2CCc3sccc3[C@H]2c2cccs2)cc1C. The normalized spacial score (nSPS) is 16.1. The molecule has 0 aliphatic carbocycles. The van der Waals surface area contributed by atoms with Gasteiger partial charge in [0.15, 0.2) is 5.78 Å². The van der Waals surface area contributed by atoms with Crippen LogP contribution in [0.25, 0.3) is 0 Å². The number of rotatable bonds is 5. The van der Waals surface area contributed by atoms with Gasteiger partial charge < -0.3 is 4.90 Å². The van der Waals surface area contributed by atoms with Crippen molar-refractivity contribution in [2.24, 2.45) is 0 Å². The Kier molecular flexibility index (Phi) is 5.47. The number of carbonyl (C=O) groups excluding carboxylic acids is 2. The summed E-state index contributed by atoms with van der Waals surface area (Å²) in [5.74, 6) is 0.102. The van der Waals surface area contributed by atoms with Gasteiger partial charge in [0.1, 0.15) is 0 Å². The van der Waals surface area contributed by atoms with Gasteiger partial charge in [-0.05, 0) is 65.9 Å². The molecule has 3 aromatic rings. The van der Waals surface area contributed by atoms with Crippen molar-refractivity contribution in [3.63, 3.8) is 0 Å². The number of ketones is 1. The highest BCUT2D eigenvalue weighted by atomic mass is 32.1. The smallest absolute Gasteiger partial charge is 0.223 e. The molecule has 3 nitrogen and oxygen atoms in total. The van der Waals surface area contributed by atoms with Crippen LogP contribution < -0.4 is 0 Å². The van der Waals surface area contributed by atoms with Gasteiger partial charge in [-0.2, -0.15) is 0 Å². The predicted octanol–water partition coefficient (Wildman–Crippen LogP) is 5.56. The van der Waals surface area contributed by atoms with Crippen LogP contribution in [0.5, 0.6) is 0 Å². The summed E-state index contributed by atoms with van der Waals surface area (Å²) in [4.78, 5) is 30.2. The van der Waals surface area contributed by atoms with E-state index < -0.39 is 0 Å². The number of fused-ring (bicyclic) bond motifs is 1. The second kappa shape index (κ2) is 8.02. The average Bonchev–Trinajstić information content (AvgIpc) is 3.38. The molecule has 0 bridgehead atoms. The summed E-state index contributed by atoms with van der Waals surface area (Å²) in [6, 6.07) is 12.0. The van der Waals surface area contributed by atoms with Crippen molar-refractivity contribution in [3.05, 3.63) is 79.2 Å². The van der Waals surface area contributed by atoms with Crippen molar-refractivity contribution in [1.29, 1.82) is 0 Å². The van der Waals surface area contributed by atoms with Crippen LogP contribution >= 0.6 is 22.7 Å². The fourth-order valence-corrected chi connectivity index (χ4v) is 5.52. The Labute approximate surface area is 173 Å². The Balaban J connectivity index is 1.49. The molecule has 0 unspecified atom stereocenters. The molecular weight excluding hydrogens is 386 g/mol. The van der Waals surface area contributed by atoms with Gasteiger partial charge in [0.25, 0.3) is 0 Å². The molecule has 2 aromatic heterocycles. The number of nitrogens with zero attached hydrogens (tertiary/aromatic N) is 1. The Morgan fingerprint density at radius 1 is 1.04 bits per heavy atom. The zero-order valence-electron chi connectivity index (χ0n) is 16.1. The molecule has 4 rings (SSSR count). The molecular formula is C23H23NO2S2. The van der Waals surface area contributed by atoms with E-state index in [-0.39, 0.29) is 30.6 Å². The van der Waals surface area contributed by atoms with Crippen LogP contribution in [-0.4, -0.2) is 23.1 Å². The summed E-state index contributed by atoms with van der Waals surface area (Å²) in [6.45, 7) is 4.76. The molecule has 28 heavy (non-hydrogen) atoms. The van der Waals surface area contributed by atoms with Gasteiger partial charge in [-0.25, -0.2) is 0 Å². The molecule has 3 heterocycles. The predicted molar refractivity (Wildman–Crippen MR) is 115 cm³/mol. The minimum atomic E-state index is -0.0146. The highest BCUT2D eigenvalue weighted by Gasteiger charge is 2.33. The summed E-state index contributed by atoms with van der Waals surface area (Å²) in [5.41, 5.74) is 4.22. The fourth-order valence-electron chi connectivity index (χ4n) is 3.76. The molecule has 1 amide bonds.